The van der Waals surface area contributed by atoms with E-state index in [-0.39, 0.29) is 12.2 Å². The standard InChI is InChI=1S/C44H80N2O2S/c1-5-7-9-11-13-15-17-19-21-23-25-27-29-31-33-35-47-39(3)43-44(46-42-38-49-37-41(42)45-43)40(4)48-36-34-32-30-28-26-24-22-20-18-16-14-12-10-8-6-2/h37-40H,5-36H2,1-4H3. The van der Waals surface area contributed by atoms with E-state index in [2.05, 4.69) is 38.5 Å². The highest BCUT2D eigenvalue weighted by molar-refractivity contribution is 7.09. The third-order valence-electron chi connectivity index (χ3n) is 10.4. The molecule has 0 saturated heterocycles. The Kier molecular flexibility index (Phi) is 28.5. The van der Waals surface area contributed by atoms with Crippen LogP contribution < -0.4 is 0 Å². The van der Waals surface area contributed by atoms with E-state index in [0.717, 1.165) is 48.5 Å². The summed E-state index contributed by atoms with van der Waals surface area (Å²) in [7, 11) is 0. The van der Waals surface area contributed by atoms with Crippen LogP contribution in [0, 0.1) is 0 Å². The number of fused-ring (bicyclic) bond motifs is 1. The molecule has 5 heteroatoms. The van der Waals surface area contributed by atoms with Crippen LogP contribution in [0.4, 0.5) is 0 Å². The van der Waals surface area contributed by atoms with Crippen LogP contribution in [0.3, 0.4) is 0 Å². The molecule has 2 aromatic rings. The van der Waals surface area contributed by atoms with Gasteiger partial charge in [-0.1, -0.05) is 194 Å². The number of hydrogen-bond donors (Lipinski definition) is 0. The van der Waals surface area contributed by atoms with Gasteiger partial charge in [0.05, 0.1) is 34.6 Å². The Hall–Kier alpha value is -1.04. The first-order chi connectivity index (χ1) is 24.2. The summed E-state index contributed by atoms with van der Waals surface area (Å²) in [4.78, 5) is 10.0. The van der Waals surface area contributed by atoms with Crippen molar-refractivity contribution < 1.29 is 9.47 Å². The molecule has 2 aromatic heterocycles. The molecule has 0 aromatic carbocycles. The van der Waals surface area contributed by atoms with Gasteiger partial charge in [0.25, 0.3) is 0 Å². The number of hydrogen-bond acceptors (Lipinski definition) is 5. The summed E-state index contributed by atoms with van der Waals surface area (Å²) in [6.45, 7) is 10.4. The highest BCUT2D eigenvalue weighted by Gasteiger charge is 2.21. The Labute approximate surface area is 308 Å². The van der Waals surface area contributed by atoms with Gasteiger partial charge in [-0.2, -0.15) is 0 Å². The van der Waals surface area contributed by atoms with Crippen LogP contribution in [-0.4, -0.2) is 23.2 Å². The first-order valence-electron chi connectivity index (χ1n) is 21.6. The lowest BCUT2D eigenvalue weighted by molar-refractivity contribution is 0.0427. The predicted molar refractivity (Wildman–Crippen MR) is 216 cm³/mol. The molecule has 0 aliphatic carbocycles. The molecule has 0 aliphatic rings. The van der Waals surface area contributed by atoms with Gasteiger partial charge in [0.2, 0.25) is 0 Å². The quantitative estimate of drug-likeness (QED) is 0.0664. The van der Waals surface area contributed by atoms with Crippen molar-refractivity contribution in [1.82, 2.24) is 9.97 Å². The van der Waals surface area contributed by atoms with Crippen molar-refractivity contribution in [2.75, 3.05) is 13.2 Å². The minimum Gasteiger partial charge on any atom is -0.372 e. The Morgan fingerprint density at radius 1 is 0.408 bits per heavy atom. The van der Waals surface area contributed by atoms with Crippen LogP contribution in [0.15, 0.2) is 10.8 Å². The zero-order valence-electron chi connectivity index (χ0n) is 33.1. The third-order valence-corrected chi connectivity index (χ3v) is 11.1. The second-order valence-corrected chi connectivity index (χ2v) is 15.8. The summed E-state index contributed by atoms with van der Waals surface area (Å²) < 4.78 is 12.7. The van der Waals surface area contributed by atoms with E-state index >= 15 is 0 Å². The zero-order valence-corrected chi connectivity index (χ0v) is 33.9. The highest BCUT2D eigenvalue weighted by Crippen LogP contribution is 2.29. The number of nitrogens with zero attached hydrogens (tertiary/aromatic N) is 2. The number of unbranched alkanes of at least 4 members (excludes halogenated alkanes) is 28. The molecule has 2 rings (SSSR count). The Balaban J connectivity index is 1.53. The van der Waals surface area contributed by atoms with Crippen LogP contribution in [0.5, 0.6) is 0 Å². The van der Waals surface area contributed by atoms with Gasteiger partial charge in [-0.15, -0.1) is 11.3 Å². The van der Waals surface area contributed by atoms with E-state index in [4.69, 9.17) is 19.4 Å². The number of thiophene rings is 1. The molecular weight excluding hydrogens is 621 g/mol. The van der Waals surface area contributed by atoms with Crippen LogP contribution in [0.25, 0.3) is 11.0 Å². The SMILES string of the molecule is CCCCCCCCCCCCCCCCCOC(C)c1nc2cscc2nc1C(C)OCCCCCCCCCCCCCCCCC. The van der Waals surface area contributed by atoms with Crippen molar-refractivity contribution in [3.05, 3.63) is 22.1 Å². The Morgan fingerprint density at radius 3 is 0.918 bits per heavy atom. The van der Waals surface area contributed by atoms with Gasteiger partial charge in [0, 0.05) is 24.0 Å². The van der Waals surface area contributed by atoms with Gasteiger partial charge in [-0.25, -0.2) is 9.97 Å². The Morgan fingerprint density at radius 2 is 0.653 bits per heavy atom. The van der Waals surface area contributed by atoms with E-state index < -0.39 is 0 Å². The van der Waals surface area contributed by atoms with E-state index in [1.165, 1.54) is 180 Å². The molecule has 0 radical (unpaired) electrons. The van der Waals surface area contributed by atoms with Gasteiger partial charge in [-0.3, -0.25) is 0 Å². The van der Waals surface area contributed by atoms with Gasteiger partial charge < -0.3 is 9.47 Å². The molecule has 2 heterocycles. The maximum Gasteiger partial charge on any atom is 0.0998 e. The topological polar surface area (TPSA) is 44.2 Å². The number of rotatable bonds is 36. The van der Waals surface area contributed by atoms with Gasteiger partial charge in [0.1, 0.15) is 0 Å². The van der Waals surface area contributed by atoms with Gasteiger partial charge >= 0.3 is 0 Å². The van der Waals surface area contributed by atoms with Crippen molar-refractivity contribution in [2.45, 2.75) is 233 Å². The van der Waals surface area contributed by atoms with Crippen LogP contribution >= 0.6 is 11.3 Å². The van der Waals surface area contributed by atoms with E-state index in [0.29, 0.717) is 0 Å². The molecule has 49 heavy (non-hydrogen) atoms. The number of aromatic nitrogens is 2. The largest absolute Gasteiger partial charge is 0.372 e. The minimum atomic E-state index is -0.0738. The zero-order chi connectivity index (χ0) is 35.0. The van der Waals surface area contributed by atoms with E-state index in [1.807, 2.05) is 0 Å². The first kappa shape index (κ1) is 44.1. The van der Waals surface area contributed by atoms with Crippen molar-refractivity contribution >= 4 is 22.4 Å². The number of ether oxygens (including phenoxy) is 2. The Bertz CT molecular complexity index is 918. The van der Waals surface area contributed by atoms with Crippen molar-refractivity contribution in [2.24, 2.45) is 0 Å². The predicted octanol–water partition coefficient (Wildman–Crippen LogP) is 15.6. The molecule has 0 amide bonds. The van der Waals surface area contributed by atoms with Gasteiger partial charge in [-0.05, 0) is 26.7 Å². The third kappa shape index (κ3) is 22.5. The summed E-state index contributed by atoms with van der Waals surface area (Å²) in [5.74, 6) is 0. The maximum atomic E-state index is 6.34. The smallest absolute Gasteiger partial charge is 0.0998 e. The molecule has 0 N–H and O–H groups in total. The van der Waals surface area contributed by atoms with E-state index in [9.17, 15) is 0 Å². The molecule has 0 bridgehead atoms. The van der Waals surface area contributed by atoms with Crippen molar-refractivity contribution in [1.29, 1.82) is 0 Å². The summed E-state index contributed by atoms with van der Waals surface area (Å²) in [6.07, 6.45) is 41.3. The fraction of sp³-hybridized carbons (Fsp3) is 0.864. The molecule has 2 unspecified atom stereocenters. The molecule has 0 spiro atoms. The van der Waals surface area contributed by atoms with Crippen LogP contribution in [-0.2, 0) is 9.47 Å². The lowest BCUT2D eigenvalue weighted by Gasteiger charge is -2.20. The molecule has 0 aliphatic heterocycles. The molecule has 4 nitrogen and oxygen atoms in total. The van der Waals surface area contributed by atoms with Crippen LogP contribution in [0.2, 0.25) is 0 Å². The second kappa shape index (κ2) is 31.7. The summed E-state index contributed by atoms with van der Waals surface area (Å²) in [6, 6.07) is 0. The first-order valence-corrected chi connectivity index (χ1v) is 22.6. The van der Waals surface area contributed by atoms with Gasteiger partial charge in [0.15, 0.2) is 0 Å². The van der Waals surface area contributed by atoms with Crippen molar-refractivity contribution in [3.8, 4) is 0 Å². The van der Waals surface area contributed by atoms with Crippen molar-refractivity contribution in [3.63, 3.8) is 0 Å². The monoisotopic (exact) mass is 701 g/mol. The average Bonchev–Trinajstić information content (AvgIpc) is 3.58. The second-order valence-electron chi connectivity index (χ2n) is 15.1. The summed E-state index contributed by atoms with van der Waals surface area (Å²) in [5, 5.41) is 4.19. The lowest BCUT2D eigenvalue weighted by Crippen LogP contribution is -2.13. The maximum absolute atomic E-state index is 6.34. The minimum absolute atomic E-state index is 0.0738. The molecular formula is C44H80N2O2S. The van der Waals surface area contributed by atoms with E-state index in [1.54, 1.807) is 11.3 Å². The summed E-state index contributed by atoms with van der Waals surface area (Å²) >= 11 is 1.67. The molecule has 284 valence electrons. The normalized spacial score (nSPS) is 13.1. The molecule has 0 saturated carbocycles. The fourth-order valence-corrected chi connectivity index (χ4v) is 7.72. The molecule has 2 atom stereocenters. The lowest BCUT2D eigenvalue weighted by atomic mass is 10.0. The average molecular weight is 701 g/mol. The molecule has 0 fully saturated rings. The summed E-state index contributed by atoms with van der Waals surface area (Å²) in [5.41, 5.74) is 3.85. The fourth-order valence-electron chi connectivity index (χ4n) is 7.05. The highest BCUT2D eigenvalue weighted by atomic mass is 32.1. The van der Waals surface area contributed by atoms with Crippen LogP contribution in [0.1, 0.15) is 244 Å².